The molecule has 1 aromatic carbocycles. The second-order valence-corrected chi connectivity index (χ2v) is 7.60. The number of Topliss-reactive ketones (excluding diaryl/α,β-unsaturated/α-hetero) is 1. The molecule has 3 rings (SSSR count). The first-order chi connectivity index (χ1) is 11.6. The van der Waals surface area contributed by atoms with Crippen molar-refractivity contribution in [2.24, 2.45) is 0 Å². The number of carbonyl (C=O) groups is 1. The van der Waals surface area contributed by atoms with E-state index < -0.39 is 0 Å². The van der Waals surface area contributed by atoms with Crippen molar-refractivity contribution in [3.8, 4) is 0 Å². The highest BCUT2D eigenvalue weighted by Gasteiger charge is 2.21. The van der Waals surface area contributed by atoms with E-state index in [4.69, 9.17) is 0 Å². The first kappa shape index (κ1) is 17.1. The number of aryl methyl sites for hydroxylation is 3. The van der Waals surface area contributed by atoms with Crippen molar-refractivity contribution in [3.63, 3.8) is 0 Å². The van der Waals surface area contributed by atoms with E-state index in [9.17, 15) is 4.79 Å². The molecule has 1 heterocycles. The van der Waals surface area contributed by atoms with E-state index in [0.29, 0.717) is 11.8 Å². The van der Waals surface area contributed by atoms with Crippen LogP contribution in [0.15, 0.2) is 17.3 Å². The van der Waals surface area contributed by atoms with Gasteiger partial charge in [0.05, 0.1) is 11.8 Å². The second-order valence-electron chi connectivity index (χ2n) is 6.66. The third-order valence-corrected chi connectivity index (χ3v) is 5.79. The van der Waals surface area contributed by atoms with Crippen LogP contribution < -0.4 is 0 Å². The van der Waals surface area contributed by atoms with Gasteiger partial charge >= 0.3 is 0 Å². The van der Waals surface area contributed by atoms with Crippen LogP contribution in [0.1, 0.15) is 65.2 Å². The number of hydrogen-bond donors (Lipinski definition) is 0. The first-order valence-corrected chi connectivity index (χ1v) is 9.56. The summed E-state index contributed by atoms with van der Waals surface area (Å²) in [5, 5.41) is 12.9. The van der Waals surface area contributed by atoms with Gasteiger partial charge in [-0.25, -0.2) is 4.68 Å². The molecule has 0 radical (unpaired) electrons. The quantitative estimate of drug-likeness (QED) is 0.604. The van der Waals surface area contributed by atoms with Gasteiger partial charge in [-0.2, -0.15) is 0 Å². The van der Waals surface area contributed by atoms with Gasteiger partial charge in [-0.15, -0.1) is 5.10 Å². The van der Waals surface area contributed by atoms with E-state index in [-0.39, 0.29) is 5.78 Å². The van der Waals surface area contributed by atoms with Gasteiger partial charge in [0, 0.05) is 5.56 Å². The van der Waals surface area contributed by atoms with E-state index in [1.807, 2.05) is 24.6 Å². The van der Waals surface area contributed by atoms with Crippen LogP contribution in [-0.4, -0.2) is 31.7 Å². The van der Waals surface area contributed by atoms with Crippen LogP contribution in [0.2, 0.25) is 0 Å². The van der Waals surface area contributed by atoms with Crippen molar-refractivity contribution in [1.82, 2.24) is 20.2 Å². The molecule has 0 spiro atoms. The normalized spacial score (nSPS) is 15.6. The zero-order valence-corrected chi connectivity index (χ0v) is 15.4. The molecule has 1 aliphatic rings. The van der Waals surface area contributed by atoms with E-state index in [1.165, 1.54) is 36.6 Å². The van der Waals surface area contributed by atoms with Crippen LogP contribution in [0, 0.1) is 20.8 Å². The second kappa shape index (κ2) is 7.47. The predicted octanol–water partition coefficient (Wildman–Crippen LogP) is 4.08. The summed E-state index contributed by atoms with van der Waals surface area (Å²) in [4.78, 5) is 12.6. The number of carbonyl (C=O) groups excluding carboxylic acids is 1. The SMILES string of the molecule is Cc1cc(C)c(C(=O)CSc2nnnn2C2CCCCC2)cc1C. The number of hydrogen-bond acceptors (Lipinski definition) is 5. The molecule has 0 unspecified atom stereocenters. The maximum atomic E-state index is 12.6. The maximum Gasteiger partial charge on any atom is 0.210 e. The standard InChI is InChI=1S/C18H24N4OS/c1-12-9-14(3)16(10-13(12)2)17(23)11-24-18-19-20-21-22(18)15-7-5-4-6-8-15/h9-10,15H,4-8,11H2,1-3H3. The Hall–Kier alpha value is -1.69. The smallest absolute Gasteiger partial charge is 0.210 e. The van der Waals surface area contributed by atoms with Gasteiger partial charge < -0.3 is 0 Å². The number of benzene rings is 1. The lowest BCUT2D eigenvalue weighted by atomic mass is 9.96. The van der Waals surface area contributed by atoms with Crippen LogP contribution in [0.25, 0.3) is 0 Å². The van der Waals surface area contributed by atoms with E-state index in [0.717, 1.165) is 34.7 Å². The Labute approximate surface area is 147 Å². The summed E-state index contributed by atoms with van der Waals surface area (Å²) in [6.07, 6.45) is 6.02. The summed E-state index contributed by atoms with van der Waals surface area (Å²) in [6, 6.07) is 4.46. The molecule has 2 aromatic rings. The van der Waals surface area contributed by atoms with Gasteiger partial charge in [0.2, 0.25) is 5.16 Å². The number of tetrazole rings is 1. The average molecular weight is 344 g/mol. The number of ketones is 1. The molecule has 0 saturated heterocycles. The molecular weight excluding hydrogens is 320 g/mol. The molecule has 6 heteroatoms. The summed E-state index contributed by atoms with van der Waals surface area (Å²) in [5.74, 6) is 0.509. The van der Waals surface area contributed by atoms with Gasteiger partial charge in [-0.3, -0.25) is 4.79 Å². The average Bonchev–Trinajstić information content (AvgIpc) is 3.05. The summed E-state index contributed by atoms with van der Waals surface area (Å²) >= 11 is 1.45. The Morgan fingerprint density at radius 2 is 1.83 bits per heavy atom. The maximum absolute atomic E-state index is 12.6. The van der Waals surface area contributed by atoms with Crippen molar-refractivity contribution < 1.29 is 4.79 Å². The van der Waals surface area contributed by atoms with Crippen molar-refractivity contribution in [2.75, 3.05) is 5.75 Å². The first-order valence-electron chi connectivity index (χ1n) is 8.58. The minimum atomic E-state index is 0.138. The summed E-state index contributed by atoms with van der Waals surface area (Å²) < 4.78 is 1.92. The molecule has 0 amide bonds. The van der Waals surface area contributed by atoms with Crippen molar-refractivity contribution in [3.05, 3.63) is 34.4 Å². The number of nitrogens with zero attached hydrogens (tertiary/aromatic N) is 4. The molecule has 5 nitrogen and oxygen atoms in total. The summed E-state index contributed by atoms with van der Waals surface area (Å²) in [7, 11) is 0. The Morgan fingerprint density at radius 1 is 1.12 bits per heavy atom. The van der Waals surface area contributed by atoms with Crippen LogP contribution in [0.4, 0.5) is 0 Å². The van der Waals surface area contributed by atoms with E-state index in [1.54, 1.807) is 0 Å². The topological polar surface area (TPSA) is 60.7 Å². The molecular formula is C18H24N4OS. The molecule has 0 aliphatic heterocycles. The van der Waals surface area contributed by atoms with Gasteiger partial charge in [0.1, 0.15) is 0 Å². The van der Waals surface area contributed by atoms with Crippen molar-refractivity contribution in [2.45, 2.75) is 64.1 Å². The van der Waals surface area contributed by atoms with Gasteiger partial charge in [0.15, 0.2) is 5.78 Å². The molecule has 1 aromatic heterocycles. The summed E-state index contributed by atoms with van der Waals surface area (Å²) in [5.41, 5.74) is 4.22. The lowest BCUT2D eigenvalue weighted by Gasteiger charge is -2.21. The Bertz CT molecular complexity index is 735. The lowest BCUT2D eigenvalue weighted by molar-refractivity contribution is 0.102. The van der Waals surface area contributed by atoms with Crippen LogP contribution in [0.3, 0.4) is 0 Å². The molecule has 0 N–H and O–H groups in total. The Kier molecular flexibility index (Phi) is 5.33. The van der Waals surface area contributed by atoms with Crippen LogP contribution in [0.5, 0.6) is 0 Å². The number of aromatic nitrogens is 4. The van der Waals surface area contributed by atoms with E-state index in [2.05, 4.69) is 28.5 Å². The monoisotopic (exact) mass is 344 g/mol. The highest BCUT2D eigenvalue weighted by molar-refractivity contribution is 7.99. The molecule has 0 bridgehead atoms. The van der Waals surface area contributed by atoms with Crippen LogP contribution in [-0.2, 0) is 0 Å². The molecule has 1 aliphatic carbocycles. The Balaban J connectivity index is 1.69. The van der Waals surface area contributed by atoms with E-state index >= 15 is 0 Å². The molecule has 1 fully saturated rings. The van der Waals surface area contributed by atoms with Crippen LogP contribution >= 0.6 is 11.8 Å². The van der Waals surface area contributed by atoms with Gasteiger partial charge in [0.25, 0.3) is 0 Å². The zero-order valence-electron chi connectivity index (χ0n) is 14.6. The predicted molar refractivity (Wildman–Crippen MR) is 95.6 cm³/mol. The highest BCUT2D eigenvalue weighted by atomic mass is 32.2. The minimum Gasteiger partial charge on any atom is -0.293 e. The fourth-order valence-electron chi connectivity index (χ4n) is 3.30. The van der Waals surface area contributed by atoms with Crippen molar-refractivity contribution >= 4 is 17.5 Å². The minimum absolute atomic E-state index is 0.138. The highest BCUT2D eigenvalue weighted by Crippen LogP contribution is 2.30. The largest absolute Gasteiger partial charge is 0.293 e. The number of rotatable bonds is 5. The molecule has 128 valence electrons. The number of thioether (sulfide) groups is 1. The third-order valence-electron chi connectivity index (χ3n) is 4.86. The van der Waals surface area contributed by atoms with Crippen molar-refractivity contribution in [1.29, 1.82) is 0 Å². The summed E-state index contributed by atoms with van der Waals surface area (Å²) in [6.45, 7) is 6.11. The fraction of sp³-hybridized carbons (Fsp3) is 0.556. The lowest BCUT2D eigenvalue weighted by Crippen LogP contribution is -2.16. The third kappa shape index (κ3) is 3.69. The fourth-order valence-corrected chi connectivity index (χ4v) is 4.13. The molecule has 0 atom stereocenters. The Morgan fingerprint density at radius 3 is 2.58 bits per heavy atom. The van der Waals surface area contributed by atoms with Gasteiger partial charge in [-0.05, 0) is 66.8 Å². The van der Waals surface area contributed by atoms with Gasteiger partial charge in [-0.1, -0.05) is 37.1 Å². The zero-order chi connectivity index (χ0) is 17.1. The molecule has 1 saturated carbocycles. The molecule has 24 heavy (non-hydrogen) atoms.